The smallest absolute Gasteiger partial charge is 0.339 e. The first kappa shape index (κ1) is 14.7. The van der Waals surface area contributed by atoms with Crippen molar-refractivity contribution in [2.45, 2.75) is 45.1 Å². The molecule has 1 aromatic rings. The molecule has 110 valence electrons. The van der Waals surface area contributed by atoms with E-state index in [1.54, 1.807) is 12.1 Å². The molecule has 0 unspecified atom stereocenters. The molecule has 0 spiro atoms. The molecule has 1 aliphatic rings. The second-order valence-electron chi connectivity index (χ2n) is 5.34. The van der Waals surface area contributed by atoms with Gasteiger partial charge in [0.05, 0.1) is 13.2 Å². The summed E-state index contributed by atoms with van der Waals surface area (Å²) < 4.78 is 11.0. The highest BCUT2D eigenvalue weighted by molar-refractivity contribution is 5.91. The summed E-state index contributed by atoms with van der Waals surface area (Å²) >= 11 is 0. The molecule has 20 heavy (non-hydrogen) atoms. The lowest BCUT2D eigenvalue weighted by Crippen LogP contribution is -2.24. The Morgan fingerprint density at radius 1 is 1.30 bits per heavy atom. The molecule has 4 nitrogen and oxygen atoms in total. The summed E-state index contributed by atoms with van der Waals surface area (Å²) in [5.41, 5.74) is 0.168. The maximum absolute atomic E-state index is 11.3. The fraction of sp³-hybridized carbons (Fsp3) is 0.562. The number of carbonyl (C=O) groups is 1. The molecule has 0 aliphatic heterocycles. The van der Waals surface area contributed by atoms with Crippen LogP contribution in [0.25, 0.3) is 0 Å². The molecule has 0 atom stereocenters. The summed E-state index contributed by atoms with van der Waals surface area (Å²) in [5, 5.41) is 9.26. The second kappa shape index (κ2) is 6.64. The zero-order valence-corrected chi connectivity index (χ0v) is 12.1. The van der Waals surface area contributed by atoms with Crippen LogP contribution in [0.1, 0.15) is 49.4 Å². The molecule has 1 saturated carbocycles. The Bertz CT molecular complexity index is 462. The third-order valence-electron chi connectivity index (χ3n) is 4.08. The molecule has 0 bridgehead atoms. The van der Waals surface area contributed by atoms with E-state index < -0.39 is 5.97 Å². The number of benzene rings is 1. The summed E-state index contributed by atoms with van der Waals surface area (Å²) in [6.07, 6.45) is 5.69. The van der Waals surface area contributed by atoms with E-state index in [0.717, 1.165) is 18.8 Å². The SMILES string of the molecule is CCC1CCC(Oc2ccc(OC)cc2C(=O)O)CC1. The molecular formula is C16H22O4. The Balaban J connectivity index is 2.07. The lowest BCUT2D eigenvalue weighted by atomic mass is 9.86. The summed E-state index contributed by atoms with van der Waals surface area (Å²) in [6, 6.07) is 4.93. The number of hydrogen-bond donors (Lipinski definition) is 1. The van der Waals surface area contributed by atoms with Crippen molar-refractivity contribution in [2.24, 2.45) is 5.92 Å². The molecule has 1 fully saturated rings. The Kier molecular flexibility index (Phi) is 4.88. The van der Waals surface area contributed by atoms with Gasteiger partial charge >= 0.3 is 5.97 Å². The van der Waals surface area contributed by atoms with Crippen LogP contribution < -0.4 is 9.47 Å². The normalized spacial score (nSPS) is 22.3. The minimum atomic E-state index is -0.985. The molecule has 0 radical (unpaired) electrons. The summed E-state index contributed by atoms with van der Waals surface area (Å²) in [7, 11) is 1.52. The molecule has 2 rings (SSSR count). The van der Waals surface area contributed by atoms with Crippen LogP contribution in [0.4, 0.5) is 0 Å². The third kappa shape index (κ3) is 3.44. The molecule has 0 aromatic heterocycles. The van der Waals surface area contributed by atoms with Crippen LogP contribution in [0.5, 0.6) is 11.5 Å². The van der Waals surface area contributed by atoms with Crippen molar-refractivity contribution >= 4 is 5.97 Å². The molecule has 4 heteroatoms. The van der Waals surface area contributed by atoms with Crippen LogP contribution >= 0.6 is 0 Å². The largest absolute Gasteiger partial charge is 0.497 e. The highest BCUT2D eigenvalue weighted by atomic mass is 16.5. The molecule has 1 N–H and O–H groups in total. The number of carboxylic acid groups (broad SMARTS) is 1. The number of methoxy groups -OCH3 is 1. The lowest BCUT2D eigenvalue weighted by Gasteiger charge is -2.28. The van der Waals surface area contributed by atoms with E-state index in [9.17, 15) is 9.90 Å². The van der Waals surface area contributed by atoms with Gasteiger partial charge in [0.25, 0.3) is 0 Å². The third-order valence-corrected chi connectivity index (χ3v) is 4.08. The molecular weight excluding hydrogens is 256 g/mol. The van der Waals surface area contributed by atoms with Gasteiger partial charge in [-0.25, -0.2) is 4.79 Å². The minimum absolute atomic E-state index is 0.129. The van der Waals surface area contributed by atoms with Gasteiger partial charge in [0.15, 0.2) is 0 Å². The lowest BCUT2D eigenvalue weighted by molar-refractivity contribution is 0.0683. The predicted octanol–water partition coefficient (Wildman–Crippen LogP) is 3.74. The van der Waals surface area contributed by atoms with Gasteiger partial charge in [-0.15, -0.1) is 0 Å². The number of aromatic carboxylic acids is 1. The van der Waals surface area contributed by atoms with E-state index in [4.69, 9.17) is 9.47 Å². The first-order valence-corrected chi connectivity index (χ1v) is 7.22. The quantitative estimate of drug-likeness (QED) is 0.891. The molecule has 0 saturated heterocycles. The average molecular weight is 278 g/mol. The molecule has 0 amide bonds. The maximum atomic E-state index is 11.3. The van der Waals surface area contributed by atoms with Crippen molar-refractivity contribution in [3.05, 3.63) is 23.8 Å². The van der Waals surface area contributed by atoms with Crippen LogP contribution in [0, 0.1) is 5.92 Å². The van der Waals surface area contributed by atoms with E-state index in [1.807, 2.05) is 0 Å². The van der Waals surface area contributed by atoms with Gasteiger partial charge in [-0.1, -0.05) is 13.3 Å². The van der Waals surface area contributed by atoms with Gasteiger partial charge in [-0.05, 0) is 49.8 Å². The Morgan fingerprint density at radius 3 is 2.55 bits per heavy atom. The highest BCUT2D eigenvalue weighted by Gasteiger charge is 2.23. The van der Waals surface area contributed by atoms with E-state index in [0.29, 0.717) is 11.5 Å². The number of hydrogen-bond acceptors (Lipinski definition) is 3. The van der Waals surface area contributed by atoms with Gasteiger partial charge in [0, 0.05) is 0 Å². The van der Waals surface area contributed by atoms with E-state index in [-0.39, 0.29) is 11.7 Å². The fourth-order valence-corrected chi connectivity index (χ4v) is 2.74. The molecule has 1 aromatic carbocycles. The van der Waals surface area contributed by atoms with Crippen molar-refractivity contribution in [3.8, 4) is 11.5 Å². The monoisotopic (exact) mass is 278 g/mol. The van der Waals surface area contributed by atoms with E-state index >= 15 is 0 Å². The van der Waals surface area contributed by atoms with Gasteiger partial charge in [-0.3, -0.25) is 0 Å². The van der Waals surface area contributed by atoms with Gasteiger partial charge < -0.3 is 14.6 Å². The minimum Gasteiger partial charge on any atom is -0.497 e. The number of ether oxygens (including phenoxy) is 2. The first-order chi connectivity index (χ1) is 9.63. The van der Waals surface area contributed by atoms with Crippen molar-refractivity contribution in [3.63, 3.8) is 0 Å². The van der Waals surface area contributed by atoms with Gasteiger partial charge in [-0.2, -0.15) is 0 Å². The van der Waals surface area contributed by atoms with Crippen LogP contribution in [-0.4, -0.2) is 24.3 Å². The predicted molar refractivity (Wildman–Crippen MR) is 76.6 cm³/mol. The fourth-order valence-electron chi connectivity index (χ4n) is 2.74. The van der Waals surface area contributed by atoms with Crippen LogP contribution in [0.2, 0.25) is 0 Å². The standard InChI is InChI=1S/C16H22O4/c1-3-11-4-6-12(7-5-11)20-15-9-8-13(19-2)10-14(15)16(17)18/h8-12H,3-7H2,1-2H3,(H,17,18). The topological polar surface area (TPSA) is 55.8 Å². The highest BCUT2D eigenvalue weighted by Crippen LogP contribution is 2.31. The van der Waals surface area contributed by atoms with E-state index in [2.05, 4.69) is 6.92 Å². The van der Waals surface area contributed by atoms with Crippen molar-refractivity contribution in [2.75, 3.05) is 7.11 Å². The number of carboxylic acids is 1. The van der Waals surface area contributed by atoms with Gasteiger partial charge in [0.1, 0.15) is 17.1 Å². The van der Waals surface area contributed by atoms with Crippen molar-refractivity contribution in [1.29, 1.82) is 0 Å². The van der Waals surface area contributed by atoms with Crippen molar-refractivity contribution < 1.29 is 19.4 Å². The van der Waals surface area contributed by atoms with Crippen molar-refractivity contribution in [1.82, 2.24) is 0 Å². The van der Waals surface area contributed by atoms with Crippen LogP contribution in [0.3, 0.4) is 0 Å². The van der Waals surface area contributed by atoms with Crippen LogP contribution in [0.15, 0.2) is 18.2 Å². The summed E-state index contributed by atoms with van der Waals surface area (Å²) in [6.45, 7) is 2.22. The van der Waals surface area contributed by atoms with E-state index in [1.165, 1.54) is 32.4 Å². The van der Waals surface area contributed by atoms with Gasteiger partial charge in [0.2, 0.25) is 0 Å². The van der Waals surface area contributed by atoms with Crippen LogP contribution in [-0.2, 0) is 0 Å². The number of rotatable bonds is 5. The zero-order chi connectivity index (χ0) is 14.5. The summed E-state index contributed by atoms with van der Waals surface area (Å²) in [5.74, 6) is 0.786. The maximum Gasteiger partial charge on any atom is 0.339 e. The first-order valence-electron chi connectivity index (χ1n) is 7.22. The zero-order valence-electron chi connectivity index (χ0n) is 12.1. The summed E-state index contributed by atoms with van der Waals surface area (Å²) in [4.78, 5) is 11.3. The molecule has 1 aliphatic carbocycles. The Hall–Kier alpha value is -1.71. The molecule has 0 heterocycles. The second-order valence-corrected chi connectivity index (χ2v) is 5.34. The Morgan fingerprint density at radius 2 is 2.00 bits per heavy atom. The average Bonchev–Trinajstić information content (AvgIpc) is 2.48. The Labute approximate surface area is 119 Å².